The Kier molecular flexibility index (Phi) is 8.03. The molecule has 0 spiro atoms. The average Bonchev–Trinajstić information content (AvgIpc) is 2.83. The van der Waals surface area contributed by atoms with E-state index in [1.54, 1.807) is 6.07 Å². The molecule has 0 heterocycles. The van der Waals surface area contributed by atoms with Gasteiger partial charge in [0, 0.05) is 10.6 Å². The first-order chi connectivity index (χ1) is 17.0. The Hall–Kier alpha value is -2.09. The maximum Gasteiger partial charge on any atom is 0.421 e. The highest BCUT2D eigenvalue weighted by Crippen LogP contribution is 2.43. The lowest BCUT2D eigenvalue weighted by atomic mass is 9.95. The Balaban J connectivity index is 1.56. The molecule has 0 N–H and O–H groups in total. The van der Waals surface area contributed by atoms with Gasteiger partial charge in [0.25, 0.3) is 8.32 Å². The lowest BCUT2D eigenvalue weighted by Crippen LogP contribution is -2.67. The quantitative estimate of drug-likeness (QED) is 0.279. The van der Waals surface area contributed by atoms with E-state index in [0.717, 1.165) is 12.8 Å². The van der Waals surface area contributed by atoms with Gasteiger partial charge in [-0.15, -0.1) is 0 Å². The number of alkyl halides is 3. The molecule has 1 saturated carbocycles. The maximum atomic E-state index is 13.6. The number of benzene rings is 3. The predicted molar refractivity (Wildman–Crippen MR) is 145 cm³/mol. The fraction of sp³-hybridized carbons (Fsp3) is 0.379. The second-order valence-corrected chi connectivity index (χ2v) is 15.5. The zero-order valence-corrected chi connectivity index (χ0v) is 23.4. The molecule has 4 rings (SSSR count). The minimum Gasteiger partial charge on any atom is -0.490 e. The van der Waals surface area contributed by atoms with Crippen LogP contribution in [0.25, 0.3) is 0 Å². The van der Waals surface area contributed by atoms with Crippen molar-refractivity contribution in [2.24, 2.45) is 0 Å². The first kappa shape index (κ1) is 27.0. The van der Waals surface area contributed by atoms with Crippen LogP contribution in [-0.2, 0) is 10.6 Å². The first-order valence-electron chi connectivity index (χ1n) is 12.3. The highest BCUT2D eigenvalue weighted by Gasteiger charge is 2.51. The molecule has 0 radical (unpaired) electrons. The van der Waals surface area contributed by atoms with E-state index in [1.165, 1.54) is 22.5 Å². The van der Waals surface area contributed by atoms with Crippen molar-refractivity contribution in [3.05, 3.63) is 88.9 Å². The van der Waals surface area contributed by atoms with Crippen LogP contribution in [0.1, 0.15) is 52.0 Å². The fourth-order valence-corrected chi connectivity index (χ4v) is 10.6. The van der Waals surface area contributed by atoms with Crippen molar-refractivity contribution in [3.63, 3.8) is 0 Å². The minimum atomic E-state index is -4.49. The molecule has 0 amide bonds. The zero-order chi connectivity index (χ0) is 26.0. The summed E-state index contributed by atoms with van der Waals surface area (Å²) in [4.78, 5) is 0. The van der Waals surface area contributed by atoms with Crippen molar-refractivity contribution in [1.29, 1.82) is 0 Å². The van der Waals surface area contributed by atoms with Gasteiger partial charge in [0.1, 0.15) is 11.3 Å². The van der Waals surface area contributed by atoms with Crippen LogP contribution in [0, 0.1) is 0 Å². The second kappa shape index (κ2) is 10.7. The number of rotatable bonds is 6. The van der Waals surface area contributed by atoms with E-state index in [0.29, 0.717) is 12.8 Å². The SMILES string of the molecule is CC(C)(C)[Si](OC1CCC(Oc2cccc(Br)c2C(F)(F)F)CC1)(c1ccccc1)c1ccccc1. The third-order valence-electron chi connectivity index (χ3n) is 6.93. The highest BCUT2D eigenvalue weighted by molar-refractivity contribution is 9.10. The van der Waals surface area contributed by atoms with Crippen LogP contribution in [0.3, 0.4) is 0 Å². The molecule has 0 unspecified atom stereocenters. The molecule has 192 valence electrons. The Labute approximate surface area is 221 Å². The Morgan fingerprint density at radius 1 is 0.722 bits per heavy atom. The highest BCUT2D eigenvalue weighted by atomic mass is 79.9. The van der Waals surface area contributed by atoms with Gasteiger partial charge in [-0.2, -0.15) is 13.2 Å². The van der Waals surface area contributed by atoms with E-state index in [2.05, 4.69) is 85.2 Å². The van der Waals surface area contributed by atoms with Gasteiger partial charge in [-0.1, -0.05) is 103 Å². The van der Waals surface area contributed by atoms with Crippen molar-refractivity contribution in [3.8, 4) is 5.75 Å². The molecule has 36 heavy (non-hydrogen) atoms. The van der Waals surface area contributed by atoms with Gasteiger partial charge < -0.3 is 9.16 Å². The summed E-state index contributed by atoms with van der Waals surface area (Å²) in [5.74, 6) is -0.117. The molecule has 3 aromatic rings. The summed E-state index contributed by atoms with van der Waals surface area (Å²) in [6.07, 6.45) is -1.98. The summed E-state index contributed by atoms with van der Waals surface area (Å²) >= 11 is 3.04. The zero-order valence-electron chi connectivity index (χ0n) is 20.8. The topological polar surface area (TPSA) is 18.5 Å². The van der Waals surface area contributed by atoms with Crippen LogP contribution in [0.15, 0.2) is 83.3 Å². The van der Waals surface area contributed by atoms with E-state index in [-0.39, 0.29) is 27.5 Å². The van der Waals surface area contributed by atoms with E-state index >= 15 is 0 Å². The monoisotopic (exact) mass is 576 g/mol. The van der Waals surface area contributed by atoms with Gasteiger partial charge in [-0.25, -0.2) is 0 Å². The predicted octanol–water partition coefficient (Wildman–Crippen LogP) is 7.73. The average molecular weight is 578 g/mol. The van der Waals surface area contributed by atoms with Crippen molar-refractivity contribution < 1.29 is 22.3 Å². The molecule has 0 saturated heterocycles. The third-order valence-corrected chi connectivity index (χ3v) is 12.7. The molecule has 1 fully saturated rings. The van der Waals surface area contributed by atoms with Gasteiger partial charge in [0.15, 0.2) is 0 Å². The summed E-state index contributed by atoms with van der Waals surface area (Å²) in [6.45, 7) is 6.75. The maximum absolute atomic E-state index is 13.6. The fourth-order valence-electron chi connectivity index (χ4n) is 5.27. The standard InChI is InChI=1S/C29H32BrF3O2Si/c1-28(2,3)36(23-11-6-4-7-12-23,24-13-8-5-9-14-24)35-22-19-17-21(18-20-22)34-26-16-10-15-25(30)27(26)29(31,32)33/h4-16,21-22H,17-20H2,1-3H3. The van der Waals surface area contributed by atoms with Crippen molar-refractivity contribution in [2.75, 3.05) is 0 Å². The number of ether oxygens (including phenoxy) is 1. The van der Waals surface area contributed by atoms with Crippen molar-refractivity contribution >= 4 is 34.6 Å². The van der Waals surface area contributed by atoms with Crippen molar-refractivity contribution in [1.82, 2.24) is 0 Å². The smallest absolute Gasteiger partial charge is 0.421 e. The minimum absolute atomic E-state index is 0.00352. The lowest BCUT2D eigenvalue weighted by molar-refractivity contribution is -0.140. The molecule has 0 aliphatic heterocycles. The molecule has 7 heteroatoms. The normalized spacial score (nSPS) is 19.2. The molecule has 3 aromatic carbocycles. The third kappa shape index (κ3) is 5.58. The molecule has 1 aliphatic rings. The summed E-state index contributed by atoms with van der Waals surface area (Å²) in [5, 5.41) is 2.33. The molecule has 0 aromatic heterocycles. The van der Waals surface area contributed by atoms with Gasteiger partial charge in [-0.05, 0) is 53.2 Å². The van der Waals surface area contributed by atoms with Crippen LogP contribution >= 0.6 is 15.9 Å². The van der Waals surface area contributed by atoms with Gasteiger partial charge in [-0.3, -0.25) is 0 Å². The summed E-state index contributed by atoms with van der Waals surface area (Å²) < 4.78 is 54.0. The molecular formula is C29H32BrF3O2Si. The van der Waals surface area contributed by atoms with Crippen LogP contribution in [0.4, 0.5) is 13.2 Å². The van der Waals surface area contributed by atoms with Crippen LogP contribution in [-0.4, -0.2) is 20.5 Å². The largest absolute Gasteiger partial charge is 0.490 e. The molecule has 2 nitrogen and oxygen atoms in total. The molecule has 0 bridgehead atoms. The van der Waals surface area contributed by atoms with Gasteiger partial charge >= 0.3 is 6.18 Å². The van der Waals surface area contributed by atoms with E-state index < -0.39 is 20.1 Å². The van der Waals surface area contributed by atoms with Crippen molar-refractivity contribution in [2.45, 2.75) is 69.9 Å². The Morgan fingerprint density at radius 3 is 1.69 bits per heavy atom. The lowest BCUT2D eigenvalue weighted by Gasteiger charge is -2.46. The molecule has 1 aliphatic carbocycles. The summed E-state index contributed by atoms with van der Waals surface area (Å²) in [5.41, 5.74) is -0.754. The van der Waals surface area contributed by atoms with E-state index in [4.69, 9.17) is 9.16 Å². The van der Waals surface area contributed by atoms with Crippen LogP contribution in [0.5, 0.6) is 5.75 Å². The second-order valence-electron chi connectivity index (χ2n) is 10.4. The number of hydrogen-bond donors (Lipinski definition) is 0. The van der Waals surface area contributed by atoms with E-state index in [1.807, 2.05) is 12.1 Å². The van der Waals surface area contributed by atoms with E-state index in [9.17, 15) is 13.2 Å². The van der Waals surface area contributed by atoms with Gasteiger partial charge in [0.2, 0.25) is 0 Å². The van der Waals surface area contributed by atoms with Crippen LogP contribution < -0.4 is 15.1 Å². The molecule has 0 atom stereocenters. The Morgan fingerprint density at radius 2 is 1.22 bits per heavy atom. The first-order valence-corrected chi connectivity index (χ1v) is 15.0. The van der Waals surface area contributed by atoms with Gasteiger partial charge in [0.05, 0.1) is 6.10 Å². The number of halogens is 4. The van der Waals surface area contributed by atoms with Crippen LogP contribution in [0.2, 0.25) is 5.04 Å². The number of hydrogen-bond acceptors (Lipinski definition) is 2. The Bertz CT molecular complexity index is 1100. The summed E-state index contributed by atoms with van der Waals surface area (Å²) in [6, 6.07) is 25.4. The summed E-state index contributed by atoms with van der Waals surface area (Å²) in [7, 11) is -2.67. The molecular weight excluding hydrogens is 545 g/mol.